The fraction of sp³-hybridized carbons (Fsp3) is 0.746. The molecule has 0 fully saturated rings. The molecular weight excluding hydrogens is 837 g/mol. The van der Waals surface area contributed by atoms with E-state index >= 15 is 0 Å². The Bertz CT molecular complexity index is 1250. The topological polar surface area (TPSA) is 72.8 Å². The van der Waals surface area contributed by atoms with Gasteiger partial charge in [0.25, 0.3) is 0 Å². The number of aliphatic hydroxyl groups excluding tert-OH is 1. The van der Waals surface area contributed by atoms with Crippen LogP contribution in [0, 0.1) is 0 Å². The number of hydrogen-bond acceptors (Lipinski definition) is 5. The average molecular weight is 948 g/mol. The van der Waals surface area contributed by atoms with Crippen LogP contribution in [0.1, 0.15) is 284 Å². The number of carbonyl (C=O) groups is 2. The second-order valence-corrected chi connectivity index (χ2v) is 19.3. The van der Waals surface area contributed by atoms with E-state index in [0.29, 0.717) is 12.8 Å². The number of rotatable bonds is 53. The van der Waals surface area contributed by atoms with Crippen molar-refractivity contribution < 1.29 is 24.2 Å². The van der Waals surface area contributed by atoms with Gasteiger partial charge in [-0.3, -0.25) is 9.59 Å². The third-order valence-electron chi connectivity index (χ3n) is 12.7. The average Bonchev–Trinajstić information content (AvgIpc) is 3.34. The van der Waals surface area contributed by atoms with Crippen LogP contribution in [-0.2, 0) is 19.1 Å². The van der Waals surface area contributed by atoms with Gasteiger partial charge in [0, 0.05) is 12.8 Å². The van der Waals surface area contributed by atoms with Crippen molar-refractivity contribution in [3.8, 4) is 0 Å². The molecule has 0 aliphatic carbocycles. The molecule has 0 bridgehead atoms. The predicted molar refractivity (Wildman–Crippen MR) is 297 cm³/mol. The van der Waals surface area contributed by atoms with E-state index in [1.807, 2.05) is 0 Å². The van der Waals surface area contributed by atoms with Gasteiger partial charge in [-0.15, -0.1) is 0 Å². The summed E-state index contributed by atoms with van der Waals surface area (Å²) in [7, 11) is 0. The van der Waals surface area contributed by atoms with Crippen molar-refractivity contribution in [2.45, 2.75) is 290 Å². The van der Waals surface area contributed by atoms with E-state index in [-0.39, 0.29) is 25.2 Å². The first-order valence-electron chi connectivity index (χ1n) is 29.1. The van der Waals surface area contributed by atoms with Crippen LogP contribution in [0.5, 0.6) is 0 Å². The molecule has 1 N–H and O–H groups in total. The zero-order chi connectivity index (χ0) is 49.2. The number of carbonyl (C=O) groups excluding carboxylic acids is 2. The van der Waals surface area contributed by atoms with Crippen LogP contribution >= 0.6 is 0 Å². The van der Waals surface area contributed by atoms with Gasteiger partial charge in [0.2, 0.25) is 0 Å². The molecule has 0 aromatic carbocycles. The molecule has 0 heterocycles. The Morgan fingerprint density at radius 1 is 0.353 bits per heavy atom. The minimum atomic E-state index is -0.778. The summed E-state index contributed by atoms with van der Waals surface area (Å²) in [6.45, 7) is 4.04. The molecule has 0 saturated heterocycles. The summed E-state index contributed by atoms with van der Waals surface area (Å²) < 4.78 is 10.7. The van der Waals surface area contributed by atoms with Crippen molar-refractivity contribution in [3.63, 3.8) is 0 Å². The highest BCUT2D eigenvalue weighted by molar-refractivity contribution is 5.70. The Labute approximate surface area is 422 Å². The second-order valence-electron chi connectivity index (χ2n) is 19.3. The molecule has 0 rings (SSSR count). The van der Waals surface area contributed by atoms with Gasteiger partial charge in [-0.2, -0.15) is 0 Å². The summed E-state index contributed by atoms with van der Waals surface area (Å²) in [4.78, 5) is 24.6. The van der Waals surface area contributed by atoms with Crippen LogP contribution in [0.4, 0.5) is 0 Å². The van der Waals surface area contributed by atoms with E-state index in [4.69, 9.17) is 9.47 Å². The summed E-state index contributed by atoms with van der Waals surface area (Å²) in [6, 6.07) is 0. The zero-order valence-corrected chi connectivity index (χ0v) is 44.9. The first-order valence-corrected chi connectivity index (χ1v) is 29.1. The Hall–Kier alpha value is -2.92. The molecule has 0 radical (unpaired) electrons. The largest absolute Gasteiger partial charge is 0.462 e. The van der Waals surface area contributed by atoms with Crippen LogP contribution in [0.25, 0.3) is 0 Å². The summed E-state index contributed by atoms with van der Waals surface area (Å²) >= 11 is 0. The van der Waals surface area contributed by atoms with Crippen molar-refractivity contribution in [3.05, 3.63) is 85.1 Å². The van der Waals surface area contributed by atoms with Crippen LogP contribution in [0.3, 0.4) is 0 Å². The molecule has 1 unspecified atom stereocenters. The van der Waals surface area contributed by atoms with E-state index in [9.17, 15) is 14.7 Å². The SMILES string of the molecule is CC/C=C\C/C=C\C/C=C\C/C=C\CCCCCCCCCCCCCCC(=O)OC(CO)COC(=O)CCCCCCCCCCCCCCCC/C=C\C/C=C\C/C=C\CCCCCCC. The smallest absolute Gasteiger partial charge is 0.306 e. The van der Waals surface area contributed by atoms with E-state index in [1.54, 1.807) is 0 Å². The normalized spacial score (nSPS) is 12.8. The third-order valence-corrected chi connectivity index (χ3v) is 12.7. The lowest BCUT2D eigenvalue weighted by Crippen LogP contribution is -2.28. The Morgan fingerprint density at radius 2 is 0.632 bits per heavy atom. The summed E-state index contributed by atoms with van der Waals surface area (Å²) in [5.74, 6) is -0.588. The fourth-order valence-corrected chi connectivity index (χ4v) is 8.32. The third kappa shape index (κ3) is 55.7. The Kier molecular flexibility index (Phi) is 55.9. The van der Waals surface area contributed by atoms with Gasteiger partial charge in [-0.1, -0.05) is 266 Å². The monoisotopic (exact) mass is 947 g/mol. The molecule has 68 heavy (non-hydrogen) atoms. The maximum absolute atomic E-state index is 12.3. The van der Waals surface area contributed by atoms with E-state index < -0.39 is 6.10 Å². The summed E-state index contributed by atoms with van der Waals surface area (Å²) in [5, 5.41) is 9.66. The lowest BCUT2D eigenvalue weighted by Gasteiger charge is -2.15. The molecule has 5 nitrogen and oxygen atoms in total. The predicted octanol–water partition coefficient (Wildman–Crippen LogP) is 19.8. The number of esters is 2. The van der Waals surface area contributed by atoms with Gasteiger partial charge in [-0.05, 0) is 89.9 Å². The van der Waals surface area contributed by atoms with Crippen molar-refractivity contribution in [1.82, 2.24) is 0 Å². The highest BCUT2D eigenvalue weighted by atomic mass is 16.6. The standard InChI is InChI=1S/C63H110O5/c1-3-5-7-9-11-13-15-17-19-21-23-25-27-29-30-31-32-34-35-37-39-41-43-45-47-49-51-53-55-57-62(65)67-60-61(59-64)68-63(66)58-56-54-52-50-48-46-44-42-40-38-36-33-28-26-24-22-20-18-16-14-12-10-8-6-4-2/h6,8,12,14-15,17-18,20-21,23-24,26-27,29,61,64H,3-5,7,9-11,13,16,19,22,25,28,30-60H2,1-2H3/b8-6-,14-12-,17-15-,20-18-,23-21-,26-24-,29-27-. The second kappa shape index (κ2) is 58.4. The number of hydrogen-bond donors (Lipinski definition) is 1. The number of aliphatic hydroxyl groups is 1. The fourth-order valence-electron chi connectivity index (χ4n) is 8.32. The Morgan fingerprint density at radius 3 is 0.956 bits per heavy atom. The van der Waals surface area contributed by atoms with Crippen LogP contribution < -0.4 is 0 Å². The molecule has 0 aliphatic heterocycles. The number of unbranched alkanes of at least 4 members (excludes halogenated alkanes) is 31. The van der Waals surface area contributed by atoms with Crippen LogP contribution in [0.2, 0.25) is 0 Å². The highest BCUT2D eigenvalue weighted by Crippen LogP contribution is 2.16. The molecule has 5 heteroatoms. The molecule has 392 valence electrons. The first-order chi connectivity index (χ1) is 33.6. The number of ether oxygens (including phenoxy) is 2. The van der Waals surface area contributed by atoms with Crippen LogP contribution in [-0.4, -0.2) is 36.4 Å². The molecule has 0 aliphatic rings. The van der Waals surface area contributed by atoms with Gasteiger partial charge < -0.3 is 14.6 Å². The van der Waals surface area contributed by atoms with Gasteiger partial charge in [0.1, 0.15) is 6.61 Å². The minimum Gasteiger partial charge on any atom is -0.462 e. The number of allylic oxidation sites excluding steroid dienone is 14. The zero-order valence-electron chi connectivity index (χ0n) is 44.9. The minimum absolute atomic E-state index is 0.0685. The molecule has 0 amide bonds. The van der Waals surface area contributed by atoms with Gasteiger partial charge in [0.05, 0.1) is 6.61 Å². The Balaban J connectivity index is 3.48. The van der Waals surface area contributed by atoms with Gasteiger partial charge in [0.15, 0.2) is 6.10 Å². The highest BCUT2D eigenvalue weighted by Gasteiger charge is 2.16. The van der Waals surface area contributed by atoms with Crippen molar-refractivity contribution in [1.29, 1.82) is 0 Å². The molecule has 0 spiro atoms. The molecule has 0 saturated carbocycles. The van der Waals surface area contributed by atoms with Crippen molar-refractivity contribution in [2.75, 3.05) is 13.2 Å². The summed E-state index contributed by atoms with van der Waals surface area (Å²) in [6.07, 6.45) is 81.3. The first kappa shape index (κ1) is 65.1. The molecule has 0 aromatic rings. The van der Waals surface area contributed by atoms with Crippen LogP contribution in [0.15, 0.2) is 85.1 Å². The maximum atomic E-state index is 12.3. The van der Waals surface area contributed by atoms with E-state index in [1.165, 1.54) is 180 Å². The van der Waals surface area contributed by atoms with E-state index in [2.05, 4.69) is 98.9 Å². The summed E-state index contributed by atoms with van der Waals surface area (Å²) in [5.41, 5.74) is 0. The van der Waals surface area contributed by atoms with E-state index in [0.717, 1.165) is 77.0 Å². The molecule has 1 atom stereocenters. The lowest BCUT2D eigenvalue weighted by atomic mass is 10.0. The molecule has 0 aromatic heterocycles. The van der Waals surface area contributed by atoms with Gasteiger partial charge in [-0.25, -0.2) is 0 Å². The van der Waals surface area contributed by atoms with Gasteiger partial charge >= 0.3 is 11.9 Å². The maximum Gasteiger partial charge on any atom is 0.306 e. The molecular formula is C63H110O5. The lowest BCUT2D eigenvalue weighted by molar-refractivity contribution is -0.161. The van der Waals surface area contributed by atoms with Crippen molar-refractivity contribution >= 4 is 11.9 Å². The quantitative estimate of drug-likeness (QED) is 0.0374. The van der Waals surface area contributed by atoms with Crippen molar-refractivity contribution in [2.24, 2.45) is 0 Å².